The first-order valence-corrected chi connectivity index (χ1v) is 10.1. The van der Waals surface area contributed by atoms with Gasteiger partial charge < -0.3 is 9.64 Å². The maximum atomic E-state index is 13.6. The molecule has 150 valence electrons. The summed E-state index contributed by atoms with van der Waals surface area (Å²) in [5.74, 6) is 0.432. The molecule has 2 aliphatic rings. The molecule has 5 heteroatoms. The monoisotopic (exact) mass is 390 g/mol. The predicted molar refractivity (Wildman–Crippen MR) is 114 cm³/mol. The highest BCUT2D eigenvalue weighted by Gasteiger charge is 2.44. The van der Waals surface area contributed by atoms with E-state index in [1.807, 2.05) is 49.4 Å². The molecule has 0 N–H and O–H groups in total. The van der Waals surface area contributed by atoms with Gasteiger partial charge in [-0.25, -0.2) is 4.90 Å². The van der Waals surface area contributed by atoms with Gasteiger partial charge in [-0.2, -0.15) is 0 Å². The Hall–Kier alpha value is -3.08. The number of hydrogen-bond acceptors (Lipinski definition) is 4. The van der Waals surface area contributed by atoms with Crippen molar-refractivity contribution in [2.75, 3.05) is 25.1 Å². The Bertz CT molecular complexity index is 981. The van der Waals surface area contributed by atoms with Crippen molar-refractivity contribution in [1.29, 1.82) is 0 Å². The molecule has 2 aromatic carbocycles. The fourth-order valence-corrected chi connectivity index (χ4v) is 4.26. The largest absolute Gasteiger partial charge is 0.495 e. The first-order valence-electron chi connectivity index (χ1n) is 10.1. The Labute approximate surface area is 171 Å². The van der Waals surface area contributed by atoms with Crippen LogP contribution in [0.5, 0.6) is 5.75 Å². The molecule has 1 atom stereocenters. The van der Waals surface area contributed by atoms with Crippen molar-refractivity contribution in [3.05, 3.63) is 65.4 Å². The summed E-state index contributed by atoms with van der Waals surface area (Å²) in [5, 5.41) is 0. The molecule has 1 fully saturated rings. The van der Waals surface area contributed by atoms with Crippen LogP contribution in [0.4, 0.5) is 5.69 Å². The van der Waals surface area contributed by atoms with Gasteiger partial charge in [0, 0.05) is 13.1 Å². The Morgan fingerprint density at radius 2 is 1.79 bits per heavy atom. The van der Waals surface area contributed by atoms with Gasteiger partial charge >= 0.3 is 0 Å². The van der Waals surface area contributed by atoms with E-state index in [0.29, 0.717) is 28.6 Å². The number of piperidine rings is 1. The van der Waals surface area contributed by atoms with Crippen LogP contribution in [-0.4, -0.2) is 36.9 Å². The first kappa shape index (κ1) is 19.2. The average molecular weight is 390 g/mol. The van der Waals surface area contributed by atoms with Gasteiger partial charge in [0.05, 0.1) is 18.4 Å². The fraction of sp³-hybridized carbons (Fsp3) is 0.333. The van der Waals surface area contributed by atoms with Crippen molar-refractivity contribution in [1.82, 2.24) is 4.90 Å². The maximum Gasteiger partial charge on any atom is 0.282 e. The van der Waals surface area contributed by atoms with E-state index in [2.05, 4.69) is 11.8 Å². The van der Waals surface area contributed by atoms with Gasteiger partial charge in [-0.3, -0.25) is 9.59 Å². The summed E-state index contributed by atoms with van der Waals surface area (Å²) >= 11 is 0. The second-order valence-electron chi connectivity index (χ2n) is 7.90. The van der Waals surface area contributed by atoms with Gasteiger partial charge in [0.1, 0.15) is 11.4 Å². The third kappa shape index (κ3) is 3.41. The van der Waals surface area contributed by atoms with Crippen LogP contribution in [0, 0.1) is 12.8 Å². The summed E-state index contributed by atoms with van der Waals surface area (Å²) in [6.07, 6.45) is 2.16. The van der Waals surface area contributed by atoms with Crippen molar-refractivity contribution >= 4 is 23.1 Å². The van der Waals surface area contributed by atoms with E-state index in [-0.39, 0.29) is 11.8 Å². The van der Waals surface area contributed by atoms with E-state index in [0.717, 1.165) is 37.1 Å². The van der Waals surface area contributed by atoms with E-state index >= 15 is 0 Å². The van der Waals surface area contributed by atoms with Crippen LogP contribution < -0.4 is 9.64 Å². The normalized spacial score (nSPS) is 19.9. The number of methoxy groups -OCH3 is 1. The summed E-state index contributed by atoms with van der Waals surface area (Å²) in [7, 11) is 1.55. The van der Waals surface area contributed by atoms with Gasteiger partial charge in [-0.1, -0.05) is 43.3 Å². The number of amides is 2. The molecule has 0 bridgehead atoms. The van der Waals surface area contributed by atoms with Crippen molar-refractivity contribution < 1.29 is 14.3 Å². The lowest BCUT2D eigenvalue weighted by Gasteiger charge is -2.33. The zero-order valence-corrected chi connectivity index (χ0v) is 17.1. The van der Waals surface area contributed by atoms with Crippen LogP contribution in [-0.2, 0) is 9.59 Å². The number of rotatable bonds is 4. The molecular formula is C24H26N2O3. The number of hydrogen-bond donors (Lipinski definition) is 0. The summed E-state index contributed by atoms with van der Waals surface area (Å²) in [5.41, 5.74) is 3.22. The van der Waals surface area contributed by atoms with Gasteiger partial charge in [0.2, 0.25) is 0 Å². The standard InChI is InChI=1S/C24H26N2O3/c1-16-11-12-20(29-3)19(14-16)26-23(27)21(18-9-5-4-6-10-18)22(24(26)28)25-13-7-8-17(2)15-25/h4-6,9-12,14,17H,7-8,13,15H2,1-3H3. The highest BCUT2D eigenvalue weighted by Crippen LogP contribution is 2.39. The molecule has 0 aromatic heterocycles. The fourth-order valence-electron chi connectivity index (χ4n) is 4.26. The second-order valence-corrected chi connectivity index (χ2v) is 7.90. The Balaban J connectivity index is 1.85. The zero-order chi connectivity index (χ0) is 20.5. The third-order valence-electron chi connectivity index (χ3n) is 5.67. The lowest BCUT2D eigenvalue weighted by atomic mass is 9.98. The summed E-state index contributed by atoms with van der Waals surface area (Å²) in [6, 6.07) is 15.0. The van der Waals surface area contributed by atoms with Gasteiger partial charge in [0.15, 0.2) is 0 Å². The molecule has 29 heavy (non-hydrogen) atoms. The molecule has 0 spiro atoms. The van der Waals surface area contributed by atoms with Gasteiger partial charge in [-0.15, -0.1) is 0 Å². The molecule has 0 saturated carbocycles. The zero-order valence-electron chi connectivity index (χ0n) is 17.1. The van der Waals surface area contributed by atoms with E-state index in [9.17, 15) is 9.59 Å². The van der Waals surface area contributed by atoms with Crippen LogP contribution >= 0.6 is 0 Å². The number of imide groups is 1. The number of nitrogens with zero attached hydrogens (tertiary/aromatic N) is 2. The van der Waals surface area contributed by atoms with Gasteiger partial charge in [0.25, 0.3) is 11.8 Å². The Morgan fingerprint density at radius 1 is 1.03 bits per heavy atom. The SMILES string of the molecule is COc1ccc(C)cc1N1C(=O)C(c2ccccc2)=C(N2CCCC(C)C2)C1=O. The number of likely N-dealkylation sites (tertiary alicyclic amines) is 1. The first-order chi connectivity index (χ1) is 14.0. The Morgan fingerprint density at radius 3 is 2.48 bits per heavy atom. The van der Waals surface area contributed by atoms with Crippen LogP contribution in [0.15, 0.2) is 54.2 Å². The number of benzene rings is 2. The molecular weight excluding hydrogens is 364 g/mol. The van der Waals surface area contributed by atoms with E-state index < -0.39 is 0 Å². The lowest BCUT2D eigenvalue weighted by molar-refractivity contribution is -0.120. The quantitative estimate of drug-likeness (QED) is 0.740. The predicted octanol–water partition coefficient (Wildman–Crippen LogP) is 4.02. The average Bonchev–Trinajstić information content (AvgIpc) is 2.98. The lowest BCUT2D eigenvalue weighted by Crippen LogP contribution is -2.39. The maximum absolute atomic E-state index is 13.6. The topological polar surface area (TPSA) is 49.9 Å². The smallest absolute Gasteiger partial charge is 0.282 e. The Kier molecular flexibility index (Phi) is 5.14. The van der Waals surface area contributed by atoms with E-state index in [1.54, 1.807) is 13.2 Å². The minimum atomic E-state index is -0.293. The molecule has 0 aliphatic carbocycles. The van der Waals surface area contributed by atoms with Crippen LogP contribution in [0.25, 0.3) is 5.57 Å². The van der Waals surface area contributed by atoms with Crippen LogP contribution in [0.3, 0.4) is 0 Å². The van der Waals surface area contributed by atoms with Crippen molar-refractivity contribution in [2.45, 2.75) is 26.7 Å². The molecule has 5 nitrogen and oxygen atoms in total. The van der Waals surface area contributed by atoms with E-state index in [4.69, 9.17) is 4.74 Å². The van der Waals surface area contributed by atoms with E-state index in [1.165, 1.54) is 4.90 Å². The number of carbonyl (C=O) groups excluding carboxylic acids is 2. The highest BCUT2D eigenvalue weighted by molar-refractivity contribution is 6.45. The molecule has 2 heterocycles. The number of carbonyl (C=O) groups is 2. The number of anilines is 1. The van der Waals surface area contributed by atoms with Gasteiger partial charge in [-0.05, 0) is 48.9 Å². The van der Waals surface area contributed by atoms with Crippen molar-refractivity contribution in [3.63, 3.8) is 0 Å². The molecule has 2 aliphatic heterocycles. The number of ether oxygens (including phenoxy) is 1. The minimum absolute atomic E-state index is 0.271. The molecule has 1 unspecified atom stereocenters. The summed E-state index contributed by atoms with van der Waals surface area (Å²) in [6.45, 7) is 5.70. The number of aryl methyl sites for hydroxylation is 1. The summed E-state index contributed by atoms with van der Waals surface area (Å²) < 4.78 is 5.47. The third-order valence-corrected chi connectivity index (χ3v) is 5.67. The molecule has 0 radical (unpaired) electrons. The van der Waals surface area contributed by atoms with Crippen molar-refractivity contribution in [2.24, 2.45) is 5.92 Å². The molecule has 4 rings (SSSR count). The molecule has 1 saturated heterocycles. The van der Waals surface area contributed by atoms with Crippen molar-refractivity contribution in [3.8, 4) is 5.75 Å². The minimum Gasteiger partial charge on any atom is -0.495 e. The molecule has 2 aromatic rings. The molecule has 2 amide bonds. The van der Waals surface area contributed by atoms with Crippen LogP contribution in [0.2, 0.25) is 0 Å². The van der Waals surface area contributed by atoms with Crippen LogP contribution in [0.1, 0.15) is 30.9 Å². The summed E-state index contributed by atoms with van der Waals surface area (Å²) in [4.78, 5) is 30.6. The second kappa shape index (κ2) is 7.74. The highest BCUT2D eigenvalue weighted by atomic mass is 16.5.